The fourth-order valence-corrected chi connectivity index (χ4v) is 4.71. The summed E-state index contributed by atoms with van der Waals surface area (Å²) in [5, 5.41) is 11.0. The third-order valence-corrected chi connectivity index (χ3v) is 6.65. The van der Waals surface area contributed by atoms with Gasteiger partial charge >= 0.3 is 6.03 Å². The van der Waals surface area contributed by atoms with Gasteiger partial charge in [0, 0.05) is 60.1 Å². The van der Waals surface area contributed by atoms with E-state index in [2.05, 4.69) is 32.4 Å². The molecule has 1 aliphatic carbocycles. The number of hydrogen-bond donors (Lipinski definition) is 3. The van der Waals surface area contributed by atoms with Crippen LogP contribution in [0.25, 0.3) is 22.2 Å². The molecule has 1 saturated carbocycles. The Morgan fingerprint density at radius 1 is 1.19 bits per heavy atom. The molecule has 0 bridgehead atoms. The van der Waals surface area contributed by atoms with Crippen molar-refractivity contribution in [2.45, 2.75) is 58.2 Å². The van der Waals surface area contributed by atoms with E-state index in [-0.39, 0.29) is 12.1 Å². The highest BCUT2D eigenvalue weighted by Crippen LogP contribution is 2.44. The summed E-state index contributed by atoms with van der Waals surface area (Å²) < 4.78 is 10.4. The second-order valence-electron chi connectivity index (χ2n) is 9.70. The highest BCUT2D eigenvalue weighted by atomic mass is 16.5. The summed E-state index contributed by atoms with van der Waals surface area (Å²) in [7, 11) is 0. The molecule has 0 radical (unpaired) electrons. The zero-order chi connectivity index (χ0) is 25.1. The number of carbonyl (C=O) groups excluding carboxylic acids is 1. The van der Waals surface area contributed by atoms with Crippen LogP contribution in [0.2, 0.25) is 0 Å². The fraction of sp³-hybridized carbons (Fsp3) is 0.357. The Labute approximate surface area is 211 Å². The summed E-state index contributed by atoms with van der Waals surface area (Å²) in [6, 6.07) is 16.3. The van der Waals surface area contributed by atoms with Gasteiger partial charge < -0.3 is 25.7 Å². The molecule has 0 spiro atoms. The molecule has 2 aromatic carbocycles. The van der Waals surface area contributed by atoms with E-state index in [1.54, 1.807) is 6.20 Å². The Hall–Kier alpha value is -3.94. The topological polar surface area (TPSA) is 99.1 Å². The van der Waals surface area contributed by atoms with Crippen LogP contribution in [0.3, 0.4) is 0 Å². The first kappa shape index (κ1) is 23.8. The maximum Gasteiger partial charge on any atom is 0.319 e. The van der Waals surface area contributed by atoms with Gasteiger partial charge in [-0.2, -0.15) is 5.10 Å². The average Bonchev–Trinajstić information content (AvgIpc) is 3.43. The van der Waals surface area contributed by atoms with E-state index < -0.39 is 0 Å². The number of aryl methyl sites for hydroxylation is 1. The standard InChI is InChI=1S/C28H34N6O2/c1-19(2)31-28(35)32-21-10-8-20(9-11-21)27-26(29)24-13-12-23(18-25(24)34(27)22-6-3-7-22)36-17-5-16-33-15-4-14-30-33/h4,8-15,18-19,22H,3,5-7,16-17,29H2,1-2H3,(H2,31,32,35). The number of urea groups is 1. The lowest BCUT2D eigenvalue weighted by atomic mass is 9.92. The van der Waals surface area contributed by atoms with Gasteiger partial charge in [-0.1, -0.05) is 12.1 Å². The molecule has 4 N–H and O–H groups in total. The molecule has 36 heavy (non-hydrogen) atoms. The van der Waals surface area contributed by atoms with Gasteiger partial charge in [-0.05, 0) is 63.4 Å². The first-order valence-corrected chi connectivity index (χ1v) is 12.7. The van der Waals surface area contributed by atoms with Crippen LogP contribution >= 0.6 is 0 Å². The first-order valence-electron chi connectivity index (χ1n) is 12.7. The maximum absolute atomic E-state index is 12.1. The van der Waals surface area contributed by atoms with Crippen LogP contribution in [0.5, 0.6) is 5.75 Å². The van der Waals surface area contributed by atoms with Crippen molar-refractivity contribution in [1.82, 2.24) is 19.7 Å². The molecule has 4 aromatic rings. The largest absolute Gasteiger partial charge is 0.493 e. The molecule has 0 saturated heterocycles. The highest BCUT2D eigenvalue weighted by molar-refractivity contribution is 6.02. The Morgan fingerprint density at radius 2 is 2.00 bits per heavy atom. The monoisotopic (exact) mass is 486 g/mol. The molecule has 8 nitrogen and oxygen atoms in total. The lowest BCUT2D eigenvalue weighted by molar-refractivity contribution is 0.250. The highest BCUT2D eigenvalue weighted by Gasteiger charge is 2.27. The lowest BCUT2D eigenvalue weighted by Crippen LogP contribution is -2.34. The second kappa shape index (κ2) is 10.4. The molecule has 2 heterocycles. The minimum absolute atomic E-state index is 0.0764. The van der Waals surface area contributed by atoms with Crippen LogP contribution in [0.4, 0.5) is 16.2 Å². The Bertz CT molecular complexity index is 1320. The van der Waals surface area contributed by atoms with Gasteiger partial charge in [0.1, 0.15) is 5.75 Å². The Balaban J connectivity index is 1.39. The molecule has 8 heteroatoms. The number of nitrogens with zero attached hydrogens (tertiary/aromatic N) is 3. The van der Waals surface area contributed by atoms with Crippen LogP contribution in [-0.4, -0.2) is 33.0 Å². The van der Waals surface area contributed by atoms with Crippen molar-refractivity contribution in [2.75, 3.05) is 17.7 Å². The summed E-state index contributed by atoms with van der Waals surface area (Å²) in [4.78, 5) is 12.1. The van der Waals surface area contributed by atoms with Crippen LogP contribution in [0.15, 0.2) is 60.9 Å². The molecule has 0 unspecified atom stereocenters. The summed E-state index contributed by atoms with van der Waals surface area (Å²) in [6.07, 6.45) is 8.14. The third kappa shape index (κ3) is 5.03. The molecular formula is C28H34N6O2. The van der Waals surface area contributed by atoms with Crippen molar-refractivity contribution in [3.63, 3.8) is 0 Å². The van der Waals surface area contributed by atoms with Gasteiger partial charge in [0.05, 0.1) is 23.5 Å². The lowest BCUT2D eigenvalue weighted by Gasteiger charge is -2.30. The number of anilines is 2. The number of ether oxygens (including phenoxy) is 1. The predicted molar refractivity (Wildman–Crippen MR) is 144 cm³/mol. The number of fused-ring (bicyclic) bond motifs is 1. The molecule has 0 aliphatic heterocycles. The SMILES string of the molecule is CC(C)NC(=O)Nc1ccc(-c2c(N)c3ccc(OCCCn4cccn4)cc3n2C2CCC2)cc1. The molecule has 2 aromatic heterocycles. The second-order valence-corrected chi connectivity index (χ2v) is 9.70. The van der Waals surface area contributed by atoms with Crippen molar-refractivity contribution < 1.29 is 9.53 Å². The molecule has 1 fully saturated rings. The number of amides is 2. The Morgan fingerprint density at radius 3 is 2.67 bits per heavy atom. The van der Waals surface area contributed by atoms with Crippen LogP contribution in [0.1, 0.15) is 45.6 Å². The predicted octanol–water partition coefficient (Wildman–Crippen LogP) is 5.81. The fourth-order valence-electron chi connectivity index (χ4n) is 4.71. The van der Waals surface area contributed by atoms with Crippen molar-refractivity contribution in [3.05, 3.63) is 60.9 Å². The number of carbonyl (C=O) groups is 1. The summed E-state index contributed by atoms with van der Waals surface area (Å²) in [5.74, 6) is 0.850. The quantitative estimate of drug-likeness (QED) is 0.260. The van der Waals surface area contributed by atoms with Crippen molar-refractivity contribution in [1.29, 1.82) is 0 Å². The van der Waals surface area contributed by atoms with E-state index >= 15 is 0 Å². The number of nitrogens with two attached hydrogens (primary N) is 1. The van der Waals surface area contributed by atoms with Crippen LogP contribution in [-0.2, 0) is 6.54 Å². The maximum atomic E-state index is 12.1. The number of benzene rings is 2. The zero-order valence-corrected chi connectivity index (χ0v) is 20.9. The minimum Gasteiger partial charge on any atom is -0.493 e. The summed E-state index contributed by atoms with van der Waals surface area (Å²) >= 11 is 0. The zero-order valence-electron chi connectivity index (χ0n) is 20.9. The number of nitrogen functional groups attached to an aromatic ring is 1. The van der Waals surface area contributed by atoms with Gasteiger partial charge in [0.2, 0.25) is 0 Å². The first-order chi connectivity index (χ1) is 17.5. The van der Waals surface area contributed by atoms with Crippen LogP contribution in [0, 0.1) is 0 Å². The van der Waals surface area contributed by atoms with E-state index in [0.717, 1.165) is 65.1 Å². The number of rotatable bonds is 9. The molecule has 188 valence electrons. The number of hydrogen-bond acceptors (Lipinski definition) is 4. The van der Waals surface area contributed by atoms with Crippen molar-refractivity contribution in [2.24, 2.45) is 0 Å². The average molecular weight is 487 g/mol. The number of aromatic nitrogens is 3. The van der Waals surface area contributed by atoms with Gasteiger partial charge in [0.15, 0.2) is 0 Å². The normalized spacial score (nSPS) is 13.6. The van der Waals surface area contributed by atoms with Crippen LogP contribution < -0.4 is 21.1 Å². The van der Waals surface area contributed by atoms with E-state index in [4.69, 9.17) is 10.5 Å². The third-order valence-electron chi connectivity index (χ3n) is 6.65. The smallest absolute Gasteiger partial charge is 0.319 e. The number of nitrogens with one attached hydrogen (secondary N) is 2. The van der Waals surface area contributed by atoms with Gasteiger partial charge in [-0.25, -0.2) is 4.79 Å². The van der Waals surface area contributed by atoms with Gasteiger partial charge in [-0.15, -0.1) is 0 Å². The van der Waals surface area contributed by atoms with Crippen molar-refractivity contribution in [3.8, 4) is 17.0 Å². The molecule has 1 aliphatic rings. The van der Waals surface area contributed by atoms with Gasteiger partial charge in [0.25, 0.3) is 0 Å². The van der Waals surface area contributed by atoms with E-state index in [1.807, 2.05) is 61.1 Å². The van der Waals surface area contributed by atoms with E-state index in [9.17, 15) is 4.79 Å². The Kier molecular flexibility index (Phi) is 6.84. The van der Waals surface area contributed by atoms with E-state index in [0.29, 0.717) is 12.6 Å². The molecule has 2 amide bonds. The molecule has 0 atom stereocenters. The van der Waals surface area contributed by atoms with Crippen molar-refractivity contribution >= 4 is 28.3 Å². The summed E-state index contributed by atoms with van der Waals surface area (Å²) in [5.41, 5.74) is 11.4. The summed E-state index contributed by atoms with van der Waals surface area (Å²) in [6.45, 7) is 5.32. The van der Waals surface area contributed by atoms with E-state index in [1.165, 1.54) is 6.42 Å². The van der Waals surface area contributed by atoms with Gasteiger partial charge in [-0.3, -0.25) is 4.68 Å². The minimum atomic E-state index is -0.210. The molecular weight excluding hydrogens is 452 g/mol. The molecule has 5 rings (SSSR count).